The van der Waals surface area contributed by atoms with E-state index in [0.29, 0.717) is 6.61 Å². The number of aryl methyl sites for hydroxylation is 2. The first-order chi connectivity index (χ1) is 13.5. The molecule has 0 aliphatic heterocycles. The minimum atomic E-state index is -0.252. The standard InChI is InChI=1S/C22H23NO4S/c1-15-21(16(2)27-23-15)14-25-19-8-4-17(5-9-19)12-22(24)26-13-18-6-10-20(28-3)11-7-18/h4-11H,12-14H2,1-3H3. The summed E-state index contributed by atoms with van der Waals surface area (Å²) in [4.78, 5) is 13.3. The maximum absolute atomic E-state index is 12.1. The largest absolute Gasteiger partial charge is 0.489 e. The lowest BCUT2D eigenvalue weighted by Gasteiger charge is -2.08. The Bertz CT molecular complexity index is 897. The average Bonchev–Trinajstić information content (AvgIpc) is 3.04. The van der Waals surface area contributed by atoms with Crippen LogP contribution in [0, 0.1) is 13.8 Å². The molecule has 0 aliphatic rings. The molecule has 0 saturated heterocycles. The van der Waals surface area contributed by atoms with Crippen molar-refractivity contribution in [3.63, 3.8) is 0 Å². The number of carbonyl (C=O) groups is 1. The summed E-state index contributed by atoms with van der Waals surface area (Å²) in [6, 6.07) is 15.4. The van der Waals surface area contributed by atoms with Gasteiger partial charge in [-0.25, -0.2) is 0 Å². The molecule has 3 rings (SSSR count). The van der Waals surface area contributed by atoms with Gasteiger partial charge in [0.25, 0.3) is 0 Å². The Labute approximate surface area is 169 Å². The van der Waals surface area contributed by atoms with Crippen molar-refractivity contribution in [3.05, 3.63) is 76.7 Å². The predicted molar refractivity (Wildman–Crippen MR) is 108 cm³/mol. The summed E-state index contributed by atoms with van der Waals surface area (Å²) < 4.78 is 16.3. The van der Waals surface area contributed by atoms with Crippen LogP contribution >= 0.6 is 11.8 Å². The Morgan fingerprint density at radius 2 is 1.68 bits per heavy atom. The summed E-state index contributed by atoms with van der Waals surface area (Å²) in [5.74, 6) is 1.24. The van der Waals surface area contributed by atoms with Gasteiger partial charge < -0.3 is 14.0 Å². The van der Waals surface area contributed by atoms with Gasteiger partial charge in [-0.2, -0.15) is 0 Å². The van der Waals surface area contributed by atoms with Crippen molar-refractivity contribution in [2.75, 3.05) is 6.26 Å². The molecule has 1 heterocycles. The van der Waals surface area contributed by atoms with E-state index in [1.165, 1.54) is 4.90 Å². The number of thioether (sulfide) groups is 1. The first-order valence-electron chi connectivity index (χ1n) is 8.97. The van der Waals surface area contributed by atoms with E-state index in [1.54, 1.807) is 11.8 Å². The summed E-state index contributed by atoms with van der Waals surface area (Å²) >= 11 is 1.68. The van der Waals surface area contributed by atoms with Gasteiger partial charge >= 0.3 is 5.97 Å². The van der Waals surface area contributed by atoms with Crippen molar-refractivity contribution < 1.29 is 18.8 Å². The Morgan fingerprint density at radius 1 is 1.00 bits per heavy atom. The monoisotopic (exact) mass is 397 g/mol. The second-order valence-corrected chi connectivity index (χ2v) is 7.30. The Morgan fingerprint density at radius 3 is 2.29 bits per heavy atom. The van der Waals surface area contributed by atoms with Crippen molar-refractivity contribution in [2.45, 2.75) is 38.4 Å². The molecule has 0 spiro atoms. The minimum Gasteiger partial charge on any atom is -0.489 e. The number of carbonyl (C=O) groups excluding carboxylic acids is 1. The highest BCUT2D eigenvalue weighted by Gasteiger charge is 2.10. The van der Waals surface area contributed by atoms with E-state index in [1.807, 2.05) is 68.6 Å². The molecule has 5 nitrogen and oxygen atoms in total. The van der Waals surface area contributed by atoms with Crippen LogP contribution < -0.4 is 4.74 Å². The summed E-state index contributed by atoms with van der Waals surface area (Å²) in [5.41, 5.74) is 3.65. The zero-order chi connectivity index (χ0) is 19.9. The van der Waals surface area contributed by atoms with E-state index >= 15 is 0 Å². The van der Waals surface area contributed by atoms with E-state index in [2.05, 4.69) is 5.16 Å². The van der Waals surface area contributed by atoms with E-state index in [9.17, 15) is 4.79 Å². The molecule has 146 valence electrons. The number of aromatic nitrogens is 1. The molecule has 6 heteroatoms. The molecule has 0 radical (unpaired) electrons. The molecule has 0 saturated carbocycles. The lowest BCUT2D eigenvalue weighted by Crippen LogP contribution is -2.08. The number of ether oxygens (including phenoxy) is 2. The number of rotatable bonds is 8. The predicted octanol–water partition coefficient (Wildman–Crippen LogP) is 4.88. The highest BCUT2D eigenvalue weighted by Crippen LogP contribution is 2.19. The van der Waals surface area contributed by atoms with Gasteiger partial charge in [-0.3, -0.25) is 4.79 Å². The quantitative estimate of drug-likeness (QED) is 0.399. The summed E-state index contributed by atoms with van der Waals surface area (Å²) in [7, 11) is 0. The molecule has 0 aliphatic carbocycles. The average molecular weight is 397 g/mol. The minimum absolute atomic E-state index is 0.229. The van der Waals surface area contributed by atoms with Crippen LogP contribution in [0.4, 0.5) is 0 Å². The molecule has 0 bridgehead atoms. The summed E-state index contributed by atoms with van der Waals surface area (Å²) in [5, 5.41) is 3.92. The maximum atomic E-state index is 12.1. The topological polar surface area (TPSA) is 61.6 Å². The van der Waals surface area contributed by atoms with Crippen molar-refractivity contribution >= 4 is 17.7 Å². The van der Waals surface area contributed by atoms with Crippen molar-refractivity contribution in [1.29, 1.82) is 0 Å². The van der Waals surface area contributed by atoms with Crippen LogP contribution in [0.15, 0.2) is 57.9 Å². The number of hydrogen-bond acceptors (Lipinski definition) is 6. The molecule has 0 N–H and O–H groups in total. The number of esters is 1. The fourth-order valence-electron chi connectivity index (χ4n) is 2.67. The maximum Gasteiger partial charge on any atom is 0.310 e. The van der Waals surface area contributed by atoms with Gasteiger partial charge in [-0.05, 0) is 55.5 Å². The van der Waals surface area contributed by atoms with Crippen molar-refractivity contribution in [3.8, 4) is 5.75 Å². The smallest absolute Gasteiger partial charge is 0.310 e. The van der Waals surface area contributed by atoms with Crippen LogP contribution in [0.2, 0.25) is 0 Å². The molecule has 0 unspecified atom stereocenters. The van der Waals surface area contributed by atoms with Gasteiger partial charge in [0.15, 0.2) is 0 Å². The van der Waals surface area contributed by atoms with Crippen LogP contribution in [0.5, 0.6) is 5.75 Å². The van der Waals surface area contributed by atoms with Crippen LogP contribution in [0.25, 0.3) is 0 Å². The molecular weight excluding hydrogens is 374 g/mol. The second kappa shape index (κ2) is 9.46. The molecule has 0 fully saturated rings. The zero-order valence-electron chi connectivity index (χ0n) is 16.2. The summed E-state index contributed by atoms with van der Waals surface area (Å²) in [6.45, 7) is 4.44. The van der Waals surface area contributed by atoms with Crippen LogP contribution in [-0.2, 0) is 29.2 Å². The molecular formula is C22H23NO4S. The lowest BCUT2D eigenvalue weighted by molar-refractivity contribution is -0.144. The van der Waals surface area contributed by atoms with Crippen LogP contribution in [-0.4, -0.2) is 17.4 Å². The van der Waals surface area contributed by atoms with Crippen LogP contribution in [0.3, 0.4) is 0 Å². The van der Waals surface area contributed by atoms with Gasteiger partial charge in [0.05, 0.1) is 17.7 Å². The SMILES string of the molecule is CSc1ccc(COC(=O)Cc2ccc(OCc3c(C)noc3C)cc2)cc1. The fourth-order valence-corrected chi connectivity index (χ4v) is 3.08. The third-order valence-corrected chi connectivity index (χ3v) is 5.14. The van der Waals surface area contributed by atoms with Crippen LogP contribution in [0.1, 0.15) is 28.1 Å². The Balaban J connectivity index is 1.47. The zero-order valence-corrected chi connectivity index (χ0v) is 17.0. The Hall–Kier alpha value is -2.73. The molecule has 0 amide bonds. The van der Waals surface area contributed by atoms with Gasteiger partial charge in [0.1, 0.15) is 24.7 Å². The van der Waals surface area contributed by atoms with E-state index in [0.717, 1.165) is 33.9 Å². The number of nitrogens with zero attached hydrogens (tertiary/aromatic N) is 1. The number of benzene rings is 2. The molecule has 1 aromatic heterocycles. The van der Waals surface area contributed by atoms with Gasteiger partial charge in [0, 0.05) is 4.90 Å². The van der Waals surface area contributed by atoms with E-state index in [4.69, 9.17) is 14.0 Å². The van der Waals surface area contributed by atoms with Gasteiger partial charge in [-0.15, -0.1) is 11.8 Å². The van der Waals surface area contributed by atoms with E-state index < -0.39 is 0 Å². The highest BCUT2D eigenvalue weighted by atomic mass is 32.2. The number of hydrogen-bond donors (Lipinski definition) is 0. The lowest BCUT2D eigenvalue weighted by atomic mass is 10.1. The first-order valence-corrected chi connectivity index (χ1v) is 10.2. The molecule has 0 atom stereocenters. The van der Waals surface area contributed by atoms with E-state index in [-0.39, 0.29) is 19.0 Å². The molecule has 2 aromatic carbocycles. The first kappa shape index (κ1) is 20.0. The fraction of sp³-hybridized carbons (Fsp3) is 0.273. The third-order valence-electron chi connectivity index (χ3n) is 4.40. The highest BCUT2D eigenvalue weighted by molar-refractivity contribution is 7.98. The second-order valence-electron chi connectivity index (χ2n) is 6.42. The van der Waals surface area contributed by atoms with Gasteiger partial charge in [-0.1, -0.05) is 29.4 Å². The van der Waals surface area contributed by atoms with Crippen molar-refractivity contribution in [1.82, 2.24) is 5.16 Å². The Kier molecular flexibility index (Phi) is 6.76. The van der Waals surface area contributed by atoms with Gasteiger partial charge in [0.2, 0.25) is 0 Å². The summed E-state index contributed by atoms with van der Waals surface area (Å²) in [6.07, 6.45) is 2.26. The molecule has 28 heavy (non-hydrogen) atoms. The normalized spacial score (nSPS) is 10.7. The third kappa shape index (κ3) is 5.39. The molecule has 3 aromatic rings. The van der Waals surface area contributed by atoms with Crippen molar-refractivity contribution in [2.24, 2.45) is 0 Å².